The fraction of sp³-hybridized carbons (Fsp3) is 0.259. The lowest BCUT2D eigenvalue weighted by molar-refractivity contribution is -0.140. The van der Waals surface area contributed by atoms with Crippen LogP contribution in [-0.2, 0) is 16.0 Å². The number of likely N-dealkylation sites (N-methyl/N-ethyl adjacent to an activating group) is 1. The van der Waals surface area contributed by atoms with Crippen molar-refractivity contribution in [3.63, 3.8) is 0 Å². The minimum Gasteiger partial charge on any atom is -0.489 e. The molecule has 1 atom stereocenters. The number of aliphatic hydroxyl groups is 1. The van der Waals surface area contributed by atoms with Crippen LogP contribution in [0.4, 0.5) is 10.1 Å². The summed E-state index contributed by atoms with van der Waals surface area (Å²) in [5.41, 5.74) is 1.09. The molecule has 9 nitrogen and oxygen atoms in total. The van der Waals surface area contributed by atoms with Gasteiger partial charge in [0.1, 0.15) is 24.1 Å². The molecule has 10 heteroatoms. The minimum absolute atomic E-state index is 0.0788. The number of hydrogen-bond donors (Lipinski definition) is 2. The molecule has 1 saturated heterocycles. The second kappa shape index (κ2) is 9.97. The molecule has 0 saturated carbocycles. The summed E-state index contributed by atoms with van der Waals surface area (Å²) in [5.74, 6) is 4.64. The predicted octanol–water partition coefficient (Wildman–Crippen LogP) is 1.47. The van der Waals surface area contributed by atoms with E-state index in [2.05, 4.69) is 27.1 Å². The first-order valence-electron chi connectivity index (χ1n) is 11.5. The normalized spacial score (nSPS) is 17.9. The molecule has 2 N–H and O–H groups in total. The number of pyridine rings is 2. The van der Waals surface area contributed by atoms with Gasteiger partial charge in [0.05, 0.1) is 18.9 Å². The monoisotopic (exact) mass is 502 g/mol. The van der Waals surface area contributed by atoms with Crippen LogP contribution in [0.2, 0.25) is 0 Å². The number of hydrogen-bond acceptors (Lipinski definition) is 7. The lowest BCUT2D eigenvalue weighted by Gasteiger charge is -2.30. The second-order valence-corrected chi connectivity index (χ2v) is 8.87. The molecule has 0 spiro atoms. The van der Waals surface area contributed by atoms with Gasteiger partial charge in [-0.25, -0.2) is 4.98 Å². The van der Waals surface area contributed by atoms with Crippen LogP contribution in [-0.4, -0.2) is 65.4 Å². The van der Waals surface area contributed by atoms with Crippen molar-refractivity contribution in [2.24, 2.45) is 0 Å². The number of halogens is 1. The zero-order chi connectivity index (χ0) is 26.0. The van der Waals surface area contributed by atoms with Gasteiger partial charge in [-0.1, -0.05) is 17.9 Å². The second-order valence-electron chi connectivity index (χ2n) is 8.87. The molecular weight excluding hydrogens is 479 g/mol. The molecule has 5 rings (SSSR count). The van der Waals surface area contributed by atoms with Crippen LogP contribution in [0, 0.1) is 17.8 Å². The van der Waals surface area contributed by atoms with Crippen LogP contribution >= 0.6 is 0 Å². The van der Waals surface area contributed by atoms with Gasteiger partial charge in [-0.2, -0.15) is 4.39 Å². The zero-order valence-corrected chi connectivity index (χ0v) is 19.9. The van der Waals surface area contributed by atoms with Crippen LogP contribution in [0.25, 0.3) is 0 Å². The summed E-state index contributed by atoms with van der Waals surface area (Å²) < 4.78 is 24.7. The smallest absolute Gasteiger partial charge is 0.270 e. The Labute approximate surface area is 212 Å². The first-order chi connectivity index (χ1) is 17.8. The highest BCUT2D eigenvalue weighted by Crippen LogP contribution is 2.31. The molecule has 0 unspecified atom stereocenters. The Morgan fingerprint density at radius 1 is 1.24 bits per heavy atom. The maximum atomic E-state index is 13.9. The number of carbonyl (C=O) groups excluding carboxylic acids is 2. The highest BCUT2D eigenvalue weighted by molar-refractivity contribution is 6.03. The van der Waals surface area contributed by atoms with E-state index in [1.807, 2.05) is 0 Å². The minimum atomic E-state index is -1.15. The largest absolute Gasteiger partial charge is 0.489 e. The third kappa shape index (κ3) is 5.28. The van der Waals surface area contributed by atoms with Gasteiger partial charge in [0, 0.05) is 37.0 Å². The van der Waals surface area contributed by atoms with Gasteiger partial charge < -0.3 is 24.8 Å². The molecule has 2 aliphatic heterocycles. The van der Waals surface area contributed by atoms with Gasteiger partial charge in [-0.05, 0) is 42.0 Å². The summed E-state index contributed by atoms with van der Waals surface area (Å²) in [6.45, 7) is 0.239. The van der Waals surface area contributed by atoms with Crippen molar-refractivity contribution in [2.45, 2.75) is 18.1 Å². The molecular formula is C27H23FN4O5. The van der Waals surface area contributed by atoms with E-state index in [1.165, 1.54) is 17.3 Å². The Kier molecular flexibility index (Phi) is 6.56. The molecule has 0 bridgehead atoms. The van der Waals surface area contributed by atoms with E-state index in [4.69, 9.17) is 9.47 Å². The Hall–Kier alpha value is -4.33. The number of aromatic nitrogens is 2. The molecule has 1 aromatic carbocycles. The lowest BCUT2D eigenvalue weighted by Crippen LogP contribution is -2.49. The molecule has 0 aliphatic carbocycles. The van der Waals surface area contributed by atoms with E-state index in [0.717, 1.165) is 0 Å². The summed E-state index contributed by atoms with van der Waals surface area (Å²) in [4.78, 5) is 35.3. The first-order valence-corrected chi connectivity index (χ1v) is 11.5. The van der Waals surface area contributed by atoms with Crippen molar-refractivity contribution in [3.05, 3.63) is 83.2 Å². The highest BCUT2D eigenvalue weighted by atomic mass is 19.1. The first kappa shape index (κ1) is 24.4. The van der Waals surface area contributed by atoms with Crippen LogP contribution in [0.1, 0.15) is 27.2 Å². The van der Waals surface area contributed by atoms with Gasteiger partial charge >= 0.3 is 0 Å². The van der Waals surface area contributed by atoms with E-state index >= 15 is 0 Å². The average molecular weight is 503 g/mol. The average Bonchev–Trinajstić information content (AvgIpc) is 3.00. The van der Waals surface area contributed by atoms with Crippen molar-refractivity contribution in [2.75, 3.05) is 31.8 Å². The van der Waals surface area contributed by atoms with Crippen LogP contribution < -0.4 is 15.0 Å². The Bertz CT molecular complexity index is 1430. The lowest BCUT2D eigenvalue weighted by atomic mass is 10.0. The van der Waals surface area contributed by atoms with E-state index in [1.54, 1.807) is 49.5 Å². The molecule has 2 aromatic heterocycles. The van der Waals surface area contributed by atoms with E-state index in [-0.39, 0.29) is 37.8 Å². The van der Waals surface area contributed by atoms with Crippen LogP contribution in [0.15, 0.2) is 54.9 Å². The third-order valence-corrected chi connectivity index (χ3v) is 6.07. The molecule has 37 heavy (non-hydrogen) atoms. The van der Waals surface area contributed by atoms with E-state index in [9.17, 15) is 19.1 Å². The summed E-state index contributed by atoms with van der Waals surface area (Å²) in [7, 11) is 1.58. The zero-order valence-electron chi connectivity index (χ0n) is 19.9. The van der Waals surface area contributed by atoms with Crippen LogP contribution in [0.5, 0.6) is 5.75 Å². The number of amides is 2. The van der Waals surface area contributed by atoms with Crippen molar-refractivity contribution >= 4 is 17.5 Å². The van der Waals surface area contributed by atoms with Crippen molar-refractivity contribution in [3.8, 4) is 17.6 Å². The molecule has 2 aliphatic rings. The molecule has 0 radical (unpaired) electrons. The highest BCUT2D eigenvalue weighted by Gasteiger charge is 2.34. The maximum Gasteiger partial charge on any atom is 0.270 e. The van der Waals surface area contributed by atoms with Crippen molar-refractivity contribution < 1.29 is 28.6 Å². The van der Waals surface area contributed by atoms with Gasteiger partial charge in [0.2, 0.25) is 5.95 Å². The van der Waals surface area contributed by atoms with Gasteiger partial charge in [0.25, 0.3) is 11.8 Å². The molecule has 2 amide bonds. The van der Waals surface area contributed by atoms with Gasteiger partial charge in [0.15, 0.2) is 5.60 Å². The van der Waals surface area contributed by atoms with Gasteiger partial charge in [-0.15, -0.1) is 0 Å². The Morgan fingerprint density at radius 2 is 2.08 bits per heavy atom. The number of rotatable bonds is 4. The number of ether oxygens (including phenoxy) is 2. The summed E-state index contributed by atoms with van der Waals surface area (Å²) in [5, 5.41) is 12.8. The van der Waals surface area contributed by atoms with Crippen molar-refractivity contribution in [1.29, 1.82) is 0 Å². The standard InChI is InChI=1S/C27H23FN4O5/c1-32-22-13-17(6-8-27(35)15-36-16-27)4-5-23(22)37-14-21(26(32)34)31-25(33)20-12-18(7-10-29-20)11-19-3-2-9-30-24(19)28/h2-5,7,9-10,12-13,21,35H,11,14-16H2,1H3,(H,31,33)/t21-/m1/s1. The van der Waals surface area contributed by atoms with Crippen LogP contribution in [0.3, 0.4) is 0 Å². The Balaban J connectivity index is 1.29. The molecule has 4 heterocycles. The van der Waals surface area contributed by atoms with Gasteiger partial charge in [-0.3, -0.25) is 14.6 Å². The quantitative estimate of drug-likeness (QED) is 0.410. The predicted molar refractivity (Wildman–Crippen MR) is 130 cm³/mol. The summed E-state index contributed by atoms with van der Waals surface area (Å²) >= 11 is 0. The number of anilines is 1. The SMILES string of the molecule is CN1C(=O)[C@H](NC(=O)c2cc(Cc3cccnc3F)ccn2)COc2ccc(C#CC3(O)COC3)cc21. The number of benzene rings is 1. The molecule has 188 valence electrons. The van der Waals surface area contributed by atoms with E-state index < -0.39 is 23.5 Å². The third-order valence-electron chi connectivity index (χ3n) is 6.07. The topological polar surface area (TPSA) is 114 Å². The maximum absolute atomic E-state index is 13.9. The number of nitrogens with zero attached hydrogens (tertiary/aromatic N) is 3. The Morgan fingerprint density at radius 3 is 2.84 bits per heavy atom. The molecule has 1 fully saturated rings. The summed E-state index contributed by atoms with van der Waals surface area (Å²) in [6, 6.07) is 10.6. The summed E-state index contributed by atoms with van der Waals surface area (Å²) in [6.07, 6.45) is 3.07. The van der Waals surface area contributed by atoms with E-state index in [0.29, 0.717) is 28.1 Å². The number of nitrogens with one attached hydrogen (secondary N) is 1. The number of fused-ring (bicyclic) bond motifs is 1. The number of carbonyl (C=O) groups is 2. The fourth-order valence-corrected chi connectivity index (χ4v) is 3.95. The van der Waals surface area contributed by atoms with Crippen molar-refractivity contribution in [1.82, 2.24) is 15.3 Å². The molecule has 3 aromatic rings. The fourth-order valence-electron chi connectivity index (χ4n) is 3.95.